The van der Waals surface area contributed by atoms with E-state index >= 15 is 0 Å². The molecular formula is C10H15F3N2O3S. The minimum atomic E-state index is -4.87. The SMILES string of the molecule is CNC1=N[C@@H]2C[C@H](O)[C@@H]([C@](C)(O)C(F)(F)F)O[C@@H]2S1. The van der Waals surface area contributed by atoms with Gasteiger partial charge in [0.15, 0.2) is 10.8 Å². The molecule has 0 amide bonds. The molecule has 0 spiro atoms. The molecule has 2 aliphatic rings. The van der Waals surface area contributed by atoms with E-state index in [2.05, 4.69) is 10.3 Å². The van der Waals surface area contributed by atoms with Gasteiger partial charge in [-0.3, -0.25) is 4.99 Å². The summed E-state index contributed by atoms with van der Waals surface area (Å²) in [4.78, 5) is 4.18. The first kappa shape index (κ1) is 14.9. The van der Waals surface area contributed by atoms with Crippen LogP contribution >= 0.6 is 11.8 Å². The molecule has 0 aliphatic carbocycles. The molecule has 0 radical (unpaired) electrons. The molecule has 0 saturated carbocycles. The van der Waals surface area contributed by atoms with Crippen molar-refractivity contribution < 1.29 is 28.1 Å². The monoisotopic (exact) mass is 300 g/mol. The Morgan fingerprint density at radius 2 is 2.11 bits per heavy atom. The lowest BCUT2D eigenvalue weighted by atomic mass is 9.88. The highest BCUT2D eigenvalue weighted by atomic mass is 32.2. The molecule has 0 unspecified atom stereocenters. The lowest BCUT2D eigenvalue weighted by molar-refractivity contribution is -0.309. The molecule has 0 bridgehead atoms. The number of halogens is 3. The maximum Gasteiger partial charge on any atom is 0.419 e. The summed E-state index contributed by atoms with van der Waals surface area (Å²) in [5.41, 5.74) is -3.72. The van der Waals surface area contributed by atoms with Crippen LogP contribution in [0.3, 0.4) is 0 Å². The van der Waals surface area contributed by atoms with Crippen LogP contribution < -0.4 is 5.32 Å². The molecule has 2 heterocycles. The second-order valence-electron chi connectivity index (χ2n) is 4.74. The fraction of sp³-hybridized carbons (Fsp3) is 0.900. The van der Waals surface area contributed by atoms with Crippen molar-refractivity contribution in [3.8, 4) is 0 Å². The highest BCUT2D eigenvalue weighted by Gasteiger charge is 2.60. The molecule has 110 valence electrons. The van der Waals surface area contributed by atoms with Gasteiger partial charge in [0.05, 0.1) is 12.1 Å². The molecule has 1 fully saturated rings. The number of aliphatic imine (C=N–C) groups is 1. The molecule has 5 atom stereocenters. The van der Waals surface area contributed by atoms with Crippen molar-refractivity contribution in [2.24, 2.45) is 4.99 Å². The summed E-state index contributed by atoms with van der Waals surface area (Å²) in [7, 11) is 1.64. The predicted molar refractivity (Wildman–Crippen MR) is 63.8 cm³/mol. The van der Waals surface area contributed by atoms with Crippen molar-refractivity contribution in [3.05, 3.63) is 0 Å². The van der Waals surface area contributed by atoms with E-state index in [0.717, 1.165) is 11.8 Å². The Hall–Kier alpha value is -0.510. The van der Waals surface area contributed by atoms with E-state index in [4.69, 9.17) is 4.74 Å². The van der Waals surface area contributed by atoms with E-state index < -0.39 is 35.5 Å². The number of amidine groups is 1. The number of nitrogens with zero attached hydrogens (tertiary/aromatic N) is 1. The van der Waals surface area contributed by atoms with E-state index in [0.29, 0.717) is 12.1 Å². The quantitative estimate of drug-likeness (QED) is 0.656. The average Bonchev–Trinajstić information content (AvgIpc) is 2.68. The summed E-state index contributed by atoms with van der Waals surface area (Å²) >= 11 is 1.15. The summed E-state index contributed by atoms with van der Waals surface area (Å²) in [6, 6.07) is -0.400. The predicted octanol–water partition coefficient (Wildman–Crippen LogP) is 0.466. The summed E-state index contributed by atoms with van der Waals surface area (Å²) in [6.45, 7) is 0.612. The number of hydrogen-bond acceptors (Lipinski definition) is 6. The van der Waals surface area contributed by atoms with E-state index in [1.165, 1.54) is 0 Å². The van der Waals surface area contributed by atoms with E-state index in [9.17, 15) is 23.4 Å². The van der Waals surface area contributed by atoms with Crippen molar-refractivity contribution >= 4 is 16.9 Å². The molecule has 5 nitrogen and oxygen atoms in total. The molecular weight excluding hydrogens is 285 g/mol. The van der Waals surface area contributed by atoms with Crippen LogP contribution in [-0.2, 0) is 4.74 Å². The first-order valence-electron chi connectivity index (χ1n) is 5.71. The Kier molecular flexibility index (Phi) is 3.76. The van der Waals surface area contributed by atoms with Crippen LogP contribution in [0, 0.1) is 0 Å². The summed E-state index contributed by atoms with van der Waals surface area (Å²) < 4.78 is 43.6. The third-order valence-electron chi connectivity index (χ3n) is 3.28. The van der Waals surface area contributed by atoms with Crippen LogP contribution in [0.15, 0.2) is 4.99 Å². The number of fused-ring (bicyclic) bond motifs is 1. The van der Waals surface area contributed by atoms with Gasteiger partial charge in [0.1, 0.15) is 11.5 Å². The number of aliphatic hydroxyl groups is 2. The number of alkyl halides is 3. The van der Waals surface area contributed by atoms with Gasteiger partial charge in [-0.25, -0.2) is 0 Å². The van der Waals surface area contributed by atoms with Crippen molar-refractivity contribution in [1.82, 2.24) is 5.32 Å². The molecule has 2 aliphatic heterocycles. The first-order valence-corrected chi connectivity index (χ1v) is 6.59. The third kappa shape index (κ3) is 2.56. The Labute approximate surface area is 112 Å². The van der Waals surface area contributed by atoms with Gasteiger partial charge in [-0.15, -0.1) is 0 Å². The molecule has 0 aromatic carbocycles. The summed E-state index contributed by atoms with van der Waals surface area (Å²) in [5, 5.41) is 22.7. The summed E-state index contributed by atoms with van der Waals surface area (Å²) in [6.07, 6.45) is -7.98. The van der Waals surface area contributed by atoms with Gasteiger partial charge < -0.3 is 20.3 Å². The van der Waals surface area contributed by atoms with Gasteiger partial charge in [-0.2, -0.15) is 13.2 Å². The lowest BCUT2D eigenvalue weighted by Crippen LogP contribution is -2.61. The molecule has 1 saturated heterocycles. The van der Waals surface area contributed by atoms with Gasteiger partial charge in [0.2, 0.25) is 0 Å². The van der Waals surface area contributed by atoms with Crippen LogP contribution in [0.4, 0.5) is 13.2 Å². The van der Waals surface area contributed by atoms with E-state index in [1.807, 2.05) is 0 Å². The zero-order chi connectivity index (χ0) is 14.4. The zero-order valence-electron chi connectivity index (χ0n) is 10.3. The highest BCUT2D eigenvalue weighted by Crippen LogP contribution is 2.43. The van der Waals surface area contributed by atoms with Gasteiger partial charge >= 0.3 is 6.18 Å². The second kappa shape index (κ2) is 4.80. The van der Waals surface area contributed by atoms with Crippen molar-refractivity contribution in [1.29, 1.82) is 0 Å². The van der Waals surface area contributed by atoms with Gasteiger partial charge in [-0.1, -0.05) is 11.8 Å². The Morgan fingerprint density at radius 1 is 1.47 bits per heavy atom. The van der Waals surface area contributed by atoms with Crippen molar-refractivity contribution in [2.75, 3.05) is 7.05 Å². The molecule has 3 N–H and O–H groups in total. The number of ether oxygens (including phenoxy) is 1. The van der Waals surface area contributed by atoms with Crippen LogP contribution in [0.2, 0.25) is 0 Å². The third-order valence-corrected chi connectivity index (χ3v) is 4.47. The minimum Gasteiger partial charge on any atom is -0.390 e. The average molecular weight is 300 g/mol. The Bertz CT molecular complexity index is 389. The second-order valence-corrected chi connectivity index (χ2v) is 5.83. The minimum absolute atomic E-state index is 0.0275. The number of thioether (sulfide) groups is 1. The standard InChI is InChI=1S/C10H15F3N2O3S/c1-9(17,10(11,12)13)6-5(16)3-4-7(18-6)19-8(14-2)15-4/h4-7,16-17H,3H2,1-2H3,(H,14,15)/t4-,5+,6+,7-,9+/m1/s1. The van der Waals surface area contributed by atoms with Gasteiger partial charge in [-0.05, 0) is 6.92 Å². The number of nitrogens with one attached hydrogen (secondary N) is 1. The fourth-order valence-corrected chi connectivity index (χ4v) is 3.15. The van der Waals surface area contributed by atoms with Crippen molar-refractivity contribution in [2.45, 2.75) is 48.8 Å². The van der Waals surface area contributed by atoms with Crippen molar-refractivity contribution in [3.63, 3.8) is 0 Å². The largest absolute Gasteiger partial charge is 0.419 e. The number of rotatable bonds is 1. The normalized spacial score (nSPS) is 38.4. The van der Waals surface area contributed by atoms with Crippen LogP contribution in [0.1, 0.15) is 13.3 Å². The maximum atomic E-state index is 12.8. The highest BCUT2D eigenvalue weighted by molar-refractivity contribution is 8.14. The van der Waals surface area contributed by atoms with Crippen LogP contribution in [0.5, 0.6) is 0 Å². The van der Waals surface area contributed by atoms with E-state index in [1.54, 1.807) is 7.05 Å². The zero-order valence-corrected chi connectivity index (χ0v) is 11.1. The molecule has 0 aromatic heterocycles. The molecule has 2 rings (SSSR count). The molecule has 0 aromatic rings. The fourth-order valence-electron chi connectivity index (χ4n) is 2.11. The Balaban J connectivity index is 2.15. The number of hydrogen-bond donors (Lipinski definition) is 3. The number of aliphatic hydroxyl groups excluding tert-OH is 1. The summed E-state index contributed by atoms with van der Waals surface area (Å²) in [5.74, 6) is 0. The van der Waals surface area contributed by atoms with Crippen LogP contribution in [0.25, 0.3) is 0 Å². The lowest BCUT2D eigenvalue weighted by Gasteiger charge is -2.42. The van der Waals surface area contributed by atoms with E-state index in [-0.39, 0.29) is 6.42 Å². The van der Waals surface area contributed by atoms with Crippen LogP contribution in [-0.4, -0.2) is 57.9 Å². The Morgan fingerprint density at radius 3 is 2.63 bits per heavy atom. The smallest absolute Gasteiger partial charge is 0.390 e. The molecule has 19 heavy (non-hydrogen) atoms. The molecule has 9 heteroatoms. The first-order chi connectivity index (χ1) is 8.66. The van der Waals surface area contributed by atoms with Gasteiger partial charge in [0, 0.05) is 13.5 Å². The maximum absolute atomic E-state index is 12.8. The van der Waals surface area contributed by atoms with Gasteiger partial charge in [0.25, 0.3) is 0 Å². The topological polar surface area (TPSA) is 74.1 Å².